The maximum atomic E-state index is 12.5. The molecule has 0 aliphatic rings. The predicted octanol–water partition coefficient (Wildman–Crippen LogP) is 2.73. The molecule has 1 aromatic heterocycles. The number of aryl methyl sites for hydroxylation is 1. The summed E-state index contributed by atoms with van der Waals surface area (Å²) in [5.41, 5.74) is 0.193. The summed E-state index contributed by atoms with van der Waals surface area (Å²) in [6.45, 7) is 2.59. The Morgan fingerprint density at radius 1 is 1.24 bits per heavy atom. The summed E-state index contributed by atoms with van der Waals surface area (Å²) in [5.74, 6) is 0.863. The highest BCUT2D eigenvalue weighted by atomic mass is 19.4. The highest BCUT2D eigenvalue weighted by Crippen LogP contribution is 2.29. The lowest BCUT2D eigenvalue weighted by Gasteiger charge is -2.15. The Kier molecular flexibility index (Phi) is 4.62. The van der Waals surface area contributed by atoms with Crippen LogP contribution in [0.4, 0.5) is 13.2 Å². The lowest BCUT2D eigenvalue weighted by molar-refractivity contribution is -0.137. The van der Waals surface area contributed by atoms with Crippen molar-refractivity contribution in [2.45, 2.75) is 25.6 Å². The first kappa shape index (κ1) is 15.5. The van der Waals surface area contributed by atoms with Gasteiger partial charge in [-0.3, -0.25) is 0 Å². The molecule has 4 nitrogen and oxygen atoms in total. The third-order valence-corrected chi connectivity index (χ3v) is 3.34. The van der Waals surface area contributed by atoms with Crippen LogP contribution in [0.5, 0.6) is 0 Å². The fourth-order valence-electron chi connectivity index (χ4n) is 2.01. The van der Waals surface area contributed by atoms with Gasteiger partial charge >= 0.3 is 6.18 Å². The van der Waals surface area contributed by atoms with Crippen molar-refractivity contribution in [3.8, 4) is 0 Å². The fraction of sp³-hybridized carbons (Fsp3) is 0.429. The lowest BCUT2D eigenvalue weighted by Crippen LogP contribution is -2.22. The molecule has 0 saturated carbocycles. The van der Waals surface area contributed by atoms with Gasteiger partial charge in [-0.15, -0.1) is 10.2 Å². The van der Waals surface area contributed by atoms with E-state index in [1.807, 2.05) is 18.5 Å². The molecule has 0 amide bonds. The zero-order chi connectivity index (χ0) is 15.5. The molecule has 0 saturated heterocycles. The second-order valence-electron chi connectivity index (χ2n) is 4.90. The molecule has 0 aliphatic carbocycles. The van der Waals surface area contributed by atoms with Gasteiger partial charge in [-0.05, 0) is 24.6 Å². The summed E-state index contributed by atoms with van der Waals surface area (Å²) >= 11 is 0. The maximum Gasteiger partial charge on any atom is 0.416 e. The first-order valence-corrected chi connectivity index (χ1v) is 6.61. The van der Waals surface area contributed by atoms with E-state index in [4.69, 9.17) is 0 Å². The first-order valence-electron chi connectivity index (χ1n) is 6.61. The summed E-state index contributed by atoms with van der Waals surface area (Å²) in [5, 5.41) is 11.0. The van der Waals surface area contributed by atoms with E-state index in [1.54, 1.807) is 6.33 Å². The Labute approximate surface area is 121 Å². The number of nitrogens with one attached hydrogen (secondary N) is 1. The molecule has 0 aliphatic heterocycles. The molecule has 7 heteroatoms. The molecule has 1 atom stereocenters. The SMILES string of the molecule is CC(NCCc1nncn1C)c1ccc(C(F)(F)F)cc1. The van der Waals surface area contributed by atoms with E-state index in [9.17, 15) is 13.2 Å². The third kappa shape index (κ3) is 4.04. The predicted molar refractivity (Wildman–Crippen MR) is 72.6 cm³/mol. The van der Waals surface area contributed by atoms with Gasteiger partial charge in [0.25, 0.3) is 0 Å². The molecular formula is C14H17F3N4. The van der Waals surface area contributed by atoms with Crippen LogP contribution in [0.2, 0.25) is 0 Å². The average Bonchev–Trinajstić information content (AvgIpc) is 2.83. The van der Waals surface area contributed by atoms with Crippen molar-refractivity contribution in [2.75, 3.05) is 6.54 Å². The average molecular weight is 298 g/mol. The van der Waals surface area contributed by atoms with Crippen molar-refractivity contribution in [3.05, 3.63) is 47.5 Å². The number of halogens is 3. The minimum atomic E-state index is -4.29. The topological polar surface area (TPSA) is 42.7 Å². The maximum absolute atomic E-state index is 12.5. The number of alkyl halides is 3. The highest BCUT2D eigenvalue weighted by molar-refractivity contribution is 5.26. The summed E-state index contributed by atoms with van der Waals surface area (Å²) in [6, 6.07) is 5.19. The van der Waals surface area contributed by atoms with Gasteiger partial charge in [-0.25, -0.2) is 0 Å². The second-order valence-corrected chi connectivity index (χ2v) is 4.90. The molecular weight excluding hydrogens is 281 g/mol. The standard InChI is InChI=1S/C14H17F3N4/c1-10(18-8-7-13-20-19-9-21(13)2)11-3-5-12(6-4-11)14(15,16)17/h3-6,9-10,18H,7-8H2,1-2H3. The van der Waals surface area contributed by atoms with E-state index < -0.39 is 11.7 Å². The van der Waals surface area contributed by atoms with E-state index in [0.29, 0.717) is 13.0 Å². The van der Waals surface area contributed by atoms with Crippen LogP contribution in [-0.4, -0.2) is 21.3 Å². The lowest BCUT2D eigenvalue weighted by atomic mass is 10.1. The first-order chi connectivity index (χ1) is 9.88. The molecule has 2 aromatic rings. The Bertz CT molecular complexity index is 575. The van der Waals surface area contributed by atoms with Gasteiger partial charge in [0.1, 0.15) is 12.2 Å². The van der Waals surface area contributed by atoms with Gasteiger partial charge in [-0.2, -0.15) is 13.2 Å². The van der Waals surface area contributed by atoms with Crippen LogP contribution in [-0.2, 0) is 19.6 Å². The molecule has 1 unspecified atom stereocenters. The molecule has 0 bridgehead atoms. The van der Waals surface area contributed by atoms with Crippen molar-refractivity contribution >= 4 is 0 Å². The molecule has 1 heterocycles. The van der Waals surface area contributed by atoms with Gasteiger partial charge in [-0.1, -0.05) is 12.1 Å². The van der Waals surface area contributed by atoms with Crippen LogP contribution in [0, 0.1) is 0 Å². The number of nitrogens with zero attached hydrogens (tertiary/aromatic N) is 3. The highest BCUT2D eigenvalue weighted by Gasteiger charge is 2.30. The van der Waals surface area contributed by atoms with E-state index in [0.717, 1.165) is 23.5 Å². The Hall–Kier alpha value is -1.89. The van der Waals surface area contributed by atoms with Gasteiger partial charge in [0.05, 0.1) is 5.56 Å². The van der Waals surface area contributed by atoms with Crippen LogP contribution in [0.1, 0.15) is 29.9 Å². The van der Waals surface area contributed by atoms with E-state index in [-0.39, 0.29) is 6.04 Å². The van der Waals surface area contributed by atoms with Crippen LogP contribution >= 0.6 is 0 Å². The minimum Gasteiger partial charge on any atom is -0.321 e. The van der Waals surface area contributed by atoms with E-state index in [2.05, 4.69) is 15.5 Å². The van der Waals surface area contributed by atoms with Gasteiger partial charge in [0.2, 0.25) is 0 Å². The van der Waals surface area contributed by atoms with Crippen molar-refractivity contribution in [1.82, 2.24) is 20.1 Å². The Morgan fingerprint density at radius 2 is 1.90 bits per heavy atom. The second kappa shape index (κ2) is 6.26. The van der Waals surface area contributed by atoms with Crippen LogP contribution < -0.4 is 5.32 Å². The number of hydrogen-bond acceptors (Lipinski definition) is 3. The van der Waals surface area contributed by atoms with E-state index >= 15 is 0 Å². The summed E-state index contributed by atoms with van der Waals surface area (Å²) in [6.07, 6.45) is -1.95. The summed E-state index contributed by atoms with van der Waals surface area (Å²) in [4.78, 5) is 0. The van der Waals surface area contributed by atoms with Gasteiger partial charge < -0.3 is 9.88 Å². The minimum absolute atomic E-state index is 0.0273. The Balaban J connectivity index is 1.88. The number of hydrogen-bond donors (Lipinski definition) is 1. The third-order valence-electron chi connectivity index (χ3n) is 3.34. The monoisotopic (exact) mass is 298 g/mol. The molecule has 0 spiro atoms. The van der Waals surface area contributed by atoms with E-state index in [1.165, 1.54) is 12.1 Å². The summed E-state index contributed by atoms with van der Waals surface area (Å²) in [7, 11) is 1.87. The zero-order valence-corrected chi connectivity index (χ0v) is 11.9. The smallest absolute Gasteiger partial charge is 0.321 e. The largest absolute Gasteiger partial charge is 0.416 e. The molecule has 114 valence electrons. The quantitative estimate of drug-likeness (QED) is 0.923. The van der Waals surface area contributed by atoms with Crippen LogP contribution in [0.15, 0.2) is 30.6 Å². The molecule has 21 heavy (non-hydrogen) atoms. The van der Waals surface area contributed by atoms with Crippen molar-refractivity contribution in [2.24, 2.45) is 7.05 Å². The number of aromatic nitrogens is 3. The zero-order valence-electron chi connectivity index (χ0n) is 11.9. The normalized spacial score (nSPS) is 13.4. The van der Waals surface area contributed by atoms with Crippen molar-refractivity contribution < 1.29 is 13.2 Å². The molecule has 1 N–H and O–H groups in total. The number of rotatable bonds is 5. The van der Waals surface area contributed by atoms with Gasteiger partial charge in [0, 0.05) is 26.1 Å². The van der Waals surface area contributed by atoms with Crippen molar-refractivity contribution in [3.63, 3.8) is 0 Å². The molecule has 0 fully saturated rings. The Morgan fingerprint density at radius 3 is 2.43 bits per heavy atom. The number of benzene rings is 1. The summed E-state index contributed by atoms with van der Waals surface area (Å²) < 4.78 is 39.3. The van der Waals surface area contributed by atoms with Crippen LogP contribution in [0.25, 0.3) is 0 Å². The molecule has 2 rings (SSSR count). The van der Waals surface area contributed by atoms with Crippen LogP contribution in [0.3, 0.4) is 0 Å². The van der Waals surface area contributed by atoms with Gasteiger partial charge in [0.15, 0.2) is 0 Å². The molecule has 0 radical (unpaired) electrons. The fourth-order valence-corrected chi connectivity index (χ4v) is 2.01. The molecule has 1 aromatic carbocycles. The van der Waals surface area contributed by atoms with Crippen molar-refractivity contribution in [1.29, 1.82) is 0 Å².